The van der Waals surface area contributed by atoms with Crippen molar-refractivity contribution in [3.8, 4) is 0 Å². The van der Waals surface area contributed by atoms with E-state index in [0.29, 0.717) is 36.0 Å². The van der Waals surface area contributed by atoms with Gasteiger partial charge in [0.1, 0.15) is 0 Å². The second-order valence-corrected chi connectivity index (χ2v) is 7.42. The number of ether oxygens (including phenoxy) is 1. The molecule has 28 heavy (non-hydrogen) atoms. The van der Waals surface area contributed by atoms with Crippen LogP contribution in [-0.4, -0.2) is 42.4 Å². The smallest absolute Gasteiger partial charge is 0.339 e. The average molecular weight is 445 g/mol. The molecule has 2 aromatic carbocycles. The SMILES string of the molecule is O=C(OCC(=O)N1CCC(C(=O)Nc2ccccc2)CC1)c1ccccc1Br. The van der Waals surface area contributed by atoms with Crippen LogP contribution in [0.3, 0.4) is 0 Å². The Hall–Kier alpha value is -2.67. The zero-order chi connectivity index (χ0) is 19.9. The number of likely N-dealkylation sites (tertiary alicyclic amines) is 1. The van der Waals surface area contributed by atoms with Crippen LogP contribution in [0.2, 0.25) is 0 Å². The third-order valence-electron chi connectivity index (χ3n) is 4.68. The number of piperidine rings is 1. The molecule has 3 rings (SSSR count). The number of benzene rings is 2. The van der Waals surface area contributed by atoms with E-state index in [-0.39, 0.29) is 24.3 Å². The number of para-hydroxylation sites is 1. The van der Waals surface area contributed by atoms with E-state index >= 15 is 0 Å². The fraction of sp³-hybridized carbons (Fsp3) is 0.286. The first-order valence-electron chi connectivity index (χ1n) is 9.10. The van der Waals surface area contributed by atoms with Crippen molar-refractivity contribution in [2.45, 2.75) is 12.8 Å². The number of rotatable bonds is 5. The predicted molar refractivity (Wildman–Crippen MR) is 109 cm³/mol. The Bertz CT molecular complexity index is 848. The highest BCUT2D eigenvalue weighted by atomic mass is 79.9. The number of amides is 2. The van der Waals surface area contributed by atoms with Gasteiger partial charge >= 0.3 is 5.97 Å². The van der Waals surface area contributed by atoms with Gasteiger partial charge in [0, 0.05) is 29.2 Å². The molecule has 0 unspecified atom stereocenters. The van der Waals surface area contributed by atoms with E-state index in [4.69, 9.17) is 4.74 Å². The summed E-state index contributed by atoms with van der Waals surface area (Å²) in [6.45, 7) is 0.637. The van der Waals surface area contributed by atoms with E-state index in [2.05, 4.69) is 21.2 Å². The summed E-state index contributed by atoms with van der Waals surface area (Å²) >= 11 is 3.29. The minimum atomic E-state index is -0.544. The summed E-state index contributed by atoms with van der Waals surface area (Å²) in [6.07, 6.45) is 1.17. The van der Waals surface area contributed by atoms with Crippen LogP contribution in [-0.2, 0) is 14.3 Å². The Labute approximate surface area is 172 Å². The number of halogens is 1. The summed E-state index contributed by atoms with van der Waals surface area (Å²) in [4.78, 5) is 38.4. The number of carbonyl (C=O) groups is 3. The van der Waals surface area contributed by atoms with Crippen LogP contribution >= 0.6 is 15.9 Å². The summed E-state index contributed by atoms with van der Waals surface area (Å²) in [5, 5.41) is 2.90. The molecular weight excluding hydrogens is 424 g/mol. The molecule has 2 amide bonds. The summed E-state index contributed by atoms with van der Waals surface area (Å²) < 4.78 is 5.76. The van der Waals surface area contributed by atoms with Gasteiger partial charge in [-0.25, -0.2) is 4.79 Å². The van der Waals surface area contributed by atoms with E-state index in [1.54, 1.807) is 29.2 Å². The number of hydrogen-bond acceptors (Lipinski definition) is 4. The summed E-state index contributed by atoms with van der Waals surface area (Å²) in [7, 11) is 0. The average Bonchev–Trinajstić information content (AvgIpc) is 2.73. The van der Waals surface area contributed by atoms with Gasteiger partial charge in [-0.3, -0.25) is 9.59 Å². The molecule has 0 radical (unpaired) electrons. The van der Waals surface area contributed by atoms with Gasteiger partial charge in [-0.1, -0.05) is 30.3 Å². The number of esters is 1. The largest absolute Gasteiger partial charge is 0.452 e. The number of anilines is 1. The maximum Gasteiger partial charge on any atom is 0.339 e. The molecular formula is C21H21BrN2O4. The fourth-order valence-corrected chi connectivity index (χ4v) is 3.53. The molecule has 1 heterocycles. The Morgan fingerprint density at radius 2 is 1.64 bits per heavy atom. The molecule has 1 N–H and O–H groups in total. The molecule has 1 aliphatic heterocycles. The third kappa shape index (κ3) is 5.19. The maximum absolute atomic E-state index is 12.4. The Morgan fingerprint density at radius 1 is 1.00 bits per heavy atom. The lowest BCUT2D eigenvalue weighted by Crippen LogP contribution is -2.43. The lowest BCUT2D eigenvalue weighted by Gasteiger charge is -2.31. The topological polar surface area (TPSA) is 75.7 Å². The summed E-state index contributed by atoms with van der Waals surface area (Å²) in [5.74, 6) is -0.953. The monoisotopic (exact) mass is 444 g/mol. The summed E-state index contributed by atoms with van der Waals surface area (Å²) in [6, 6.07) is 16.2. The normalized spacial score (nSPS) is 14.4. The molecule has 1 aliphatic rings. The first-order valence-corrected chi connectivity index (χ1v) is 9.89. The number of hydrogen-bond donors (Lipinski definition) is 1. The third-order valence-corrected chi connectivity index (χ3v) is 5.37. The van der Waals surface area contributed by atoms with Crippen molar-refractivity contribution in [1.82, 2.24) is 4.90 Å². The second kappa shape index (κ2) is 9.50. The Balaban J connectivity index is 1.44. The van der Waals surface area contributed by atoms with Gasteiger partial charge in [0.05, 0.1) is 5.56 Å². The zero-order valence-corrected chi connectivity index (χ0v) is 16.9. The highest BCUT2D eigenvalue weighted by Crippen LogP contribution is 2.20. The quantitative estimate of drug-likeness (QED) is 0.716. The molecule has 0 atom stereocenters. The number of nitrogens with one attached hydrogen (secondary N) is 1. The highest BCUT2D eigenvalue weighted by Gasteiger charge is 2.28. The first kappa shape index (κ1) is 20.1. The molecule has 0 aliphatic carbocycles. The van der Waals surface area contributed by atoms with Crippen LogP contribution in [0, 0.1) is 5.92 Å². The van der Waals surface area contributed by atoms with Gasteiger partial charge in [0.15, 0.2) is 6.61 Å². The molecule has 1 fully saturated rings. The van der Waals surface area contributed by atoms with Gasteiger partial charge in [-0.05, 0) is 53.0 Å². The molecule has 0 aromatic heterocycles. The molecule has 0 bridgehead atoms. The highest BCUT2D eigenvalue weighted by molar-refractivity contribution is 9.10. The van der Waals surface area contributed by atoms with Crippen molar-refractivity contribution in [1.29, 1.82) is 0 Å². The van der Waals surface area contributed by atoms with Crippen molar-refractivity contribution < 1.29 is 19.1 Å². The number of nitrogens with zero attached hydrogens (tertiary/aromatic N) is 1. The van der Waals surface area contributed by atoms with Crippen LogP contribution in [0.4, 0.5) is 5.69 Å². The van der Waals surface area contributed by atoms with Gasteiger partial charge < -0.3 is 15.0 Å². The molecule has 146 valence electrons. The van der Waals surface area contributed by atoms with Gasteiger partial charge in [-0.2, -0.15) is 0 Å². The standard InChI is InChI=1S/C21H21BrN2O4/c22-18-9-5-4-8-17(18)21(27)28-14-19(25)24-12-10-15(11-13-24)20(26)23-16-6-2-1-3-7-16/h1-9,15H,10-14H2,(H,23,26). The molecule has 7 heteroatoms. The van der Waals surface area contributed by atoms with E-state index in [0.717, 1.165) is 5.69 Å². The van der Waals surface area contributed by atoms with E-state index < -0.39 is 5.97 Å². The van der Waals surface area contributed by atoms with Crippen LogP contribution in [0.1, 0.15) is 23.2 Å². The van der Waals surface area contributed by atoms with Crippen LogP contribution in [0.15, 0.2) is 59.1 Å². The van der Waals surface area contributed by atoms with Gasteiger partial charge in [0.25, 0.3) is 5.91 Å². The summed E-state index contributed by atoms with van der Waals surface area (Å²) in [5.41, 5.74) is 1.15. The van der Waals surface area contributed by atoms with Crippen LogP contribution in [0.25, 0.3) is 0 Å². The lowest BCUT2D eigenvalue weighted by atomic mass is 9.95. The molecule has 0 spiro atoms. The van der Waals surface area contributed by atoms with Crippen molar-refractivity contribution >= 4 is 39.4 Å². The fourth-order valence-electron chi connectivity index (χ4n) is 3.08. The van der Waals surface area contributed by atoms with Crippen molar-refractivity contribution in [2.75, 3.05) is 25.0 Å². The van der Waals surface area contributed by atoms with E-state index in [1.807, 2.05) is 30.3 Å². The zero-order valence-electron chi connectivity index (χ0n) is 15.3. The number of carbonyl (C=O) groups excluding carboxylic acids is 3. The maximum atomic E-state index is 12.4. The van der Waals surface area contributed by atoms with Crippen molar-refractivity contribution in [3.05, 3.63) is 64.6 Å². The van der Waals surface area contributed by atoms with E-state index in [1.165, 1.54) is 0 Å². The van der Waals surface area contributed by atoms with E-state index in [9.17, 15) is 14.4 Å². The molecule has 0 saturated carbocycles. The van der Waals surface area contributed by atoms with Crippen molar-refractivity contribution in [2.24, 2.45) is 5.92 Å². The Morgan fingerprint density at radius 3 is 2.32 bits per heavy atom. The predicted octanol–water partition coefficient (Wildman–Crippen LogP) is 3.48. The van der Waals surface area contributed by atoms with Crippen LogP contribution < -0.4 is 5.32 Å². The first-order chi connectivity index (χ1) is 13.5. The van der Waals surface area contributed by atoms with Crippen LogP contribution in [0.5, 0.6) is 0 Å². The lowest BCUT2D eigenvalue weighted by molar-refractivity contribution is -0.137. The molecule has 1 saturated heterocycles. The minimum absolute atomic E-state index is 0.0290. The van der Waals surface area contributed by atoms with Crippen molar-refractivity contribution in [3.63, 3.8) is 0 Å². The van der Waals surface area contributed by atoms with Gasteiger partial charge in [0.2, 0.25) is 5.91 Å². The molecule has 6 nitrogen and oxygen atoms in total. The second-order valence-electron chi connectivity index (χ2n) is 6.57. The minimum Gasteiger partial charge on any atom is -0.452 e. The molecule has 2 aromatic rings. The Kier molecular flexibility index (Phi) is 6.81. The van der Waals surface area contributed by atoms with Gasteiger partial charge in [-0.15, -0.1) is 0 Å².